The lowest BCUT2D eigenvalue weighted by Gasteiger charge is -2.20. The Labute approximate surface area is 188 Å². The number of amides is 1. The second kappa shape index (κ2) is 7.69. The Hall–Kier alpha value is -3.85. The van der Waals surface area contributed by atoms with Gasteiger partial charge in [0.05, 0.1) is 24.6 Å². The second-order valence-electron chi connectivity index (χ2n) is 7.24. The van der Waals surface area contributed by atoms with E-state index in [1.54, 1.807) is 31.6 Å². The van der Waals surface area contributed by atoms with Gasteiger partial charge in [-0.25, -0.2) is 0 Å². The van der Waals surface area contributed by atoms with Crippen molar-refractivity contribution in [2.75, 3.05) is 7.11 Å². The van der Waals surface area contributed by atoms with Crippen LogP contribution in [0.4, 0.5) is 0 Å². The number of rotatable bonds is 4. The predicted octanol–water partition coefficient (Wildman–Crippen LogP) is 4.36. The summed E-state index contributed by atoms with van der Waals surface area (Å²) in [5, 5.41) is 15.3. The van der Waals surface area contributed by atoms with Gasteiger partial charge in [0.2, 0.25) is 5.17 Å². The molecule has 160 valence electrons. The predicted molar refractivity (Wildman–Crippen MR) is 125 cm³/mol. The minimum Gasteiger partial charge on any atom is -0.495 e. The van der Waals surface area contributed by atoms with Crippen LogP contribution in [-0.4, -0.2) is 38.6 Å². The lowest BCUT2D eigenvalue weighted by Crippen LogP contribution is -2.35. The normalized spacial score (nSPS) is 17.0. The van der Waals surface area contributed by atoms with E-state index >= 15 is 0 Å². The van der Waals surface area contributed by atoms with Crippen LogP contribution in [0.15, 0.2) is 68.8 Å². The molecule has 1 aromatic carbocycles. The fourth-order valence-corrected chi connectivity index (χ4v) is 4.63. The highest BCUT2D eigenvalue weighted by atomic mass is 32.2. The number of carbonyl (C=O) groups is 1. The molecule has 2 aliphatic heterocycles. The van der Waals surface area contributed by atoms with Crippen molar-refractivity contribution < 1.29 is 13.9 Å². The average Bonchev–Trinajstić information content (AvgIpc) is 3.51. The van der Waals surface area contributed by atoms with Gasteiger partial charge in [0, 0.05) is 11.4 Å². The smallest absolute Gasteiger partial charge is 0.283 e. The van der Waals surface area contributed by atoms with Crippen molar-refractivity contribution in [3.63, 3.8) is 0 Å². The van der Waals surface area contributed by atoms with Crippen LogP contribution in [0.25, 0.3) is 11.8 Å². The number of benzene rings is 1. The van der Waals surface area contributed by atoms with E-state index in [0.717, 1.165) is 28.4 Å². The zero-order valence-electron chi connectivity index (χ0n) is 17.6. The Balaban J connectivity index is 1.54. The number of aryl methyl sites for hydroxylation is 1. The molecule has 0 radical (unpaired) electrons. The number of hydrogen-bond donors (Lipinski definition) is 1. The molecule has 0 fully saturated rings. The lowest BCUT2D eigenvalue weighted by molar-refractivity contribution is -0.114. The minimum atomic E-state index is -0.466. The molecule has 3 aromatic rings. The molecule has 0 aliphatic carbocycles. The Morgan fingerprint density at radius 2 is 2.00 bits per heavy atom. The van der Waals surface area contributed by atoms with E-state index in [9.17, 15) is 4.79 Å². The number of thioether (sulfide) groups is 1. The molecule has 4 heterocycles. The summed E-state index contributed by atoms with van der Waals surface area (Å²) >= 11 is 1.20. The largest absolute Gasteiger partial charge is 0.495 e. The molecule has 2 aliphatic rings. The first-order valence-corrected chi connectivity index (χ1v) is 10.7. The fraction of sp³-hybridized carbons (Fsp3) is 0.130. The van der Waals surface area contributed by atoms with Crippen molar-refractivity contribution in [3.8, 4) is 11.4 Å². The molecule has 0 saturated carbocycles. The molecule has 9 heteroatoms. The summed E-state index contributed by atoms with van der Waals surface area (Å²) in [4.78, 5) is 16.9. The van der Waals surface area contributed by atoms with E-state index in [-0.39, 0.29) is 11.4 Å². The van der Waals surface area contributed by atoms with Crippen molar-refractivity contribution in [1.82, 2.24) is 9.58 Å². The zero-order valence-corrected chi connectivity index (χ0v) is 18.4. The average molecular weight is 446 g/mol. The summed E-state index contributed by atoms with van der Waals surface area (Å²) in [5.41, 5.74) is 3.81. The van der Waals surface area contributed by atoms with Crippen molar-refractivity contribution in [1.29, 1.82) is 5.41 Å². The molecule has 1 amide bonds. The molecule has 5 rings (SSSR count). The van der Waals surface area contributed by atoms with Gasteiger partial charge in [0.15, 0.2) is 16.6 Å². The van der Waals surface area contributed by atoms with E-state index in [1.807, 2.05) is 44.2 Å². The molecule has 0 saturated heterocycles. The van der Waals surface area contributed by atoms with E-state index in [0.29, 0.717) is 16.0 Å². The number of nitrogens with zero attached hydrogens (tertiary/aromatic N) is 4. The molecule has 0 spiro atoms. The van der Waals surface area contributed by atoms with Gasteiger partial charge in [0.25, 0.3) is 5.91 Å². The number of carbonyl (C=O) groups excluding carboxylic acids is 1. The number of methoxy groups -OCH3 is 1. The number of hydrazone groups is 1. The number of furan rings is 1. The van der Waals surface area contributed by atoms with Crippen molar-refractivity contribution in [2.45, 2.75) is 13.8 Å². The van der Waals surface area contributed by atoms with E-state index in [1.165, 1.54) is 16.8 Å². The van der Waals surface area contributed by atoms with Crippen LogP contribution in [0.3, 0.4) is 0 Å². The third kappa shape index (κ3) is 3.18. The molecule has 32 heavy (non-hydrogen) atoms. The second-order valence-corrected chi connectivity index (χ2v) is 8.19. The van der Waals surface area contributed by atoms with Crippen molar-refractivity contribution in [3.05, 3.63) is 77.0 Å². The summed E-state index contributed by atoms with van der Waals surface area (Å²) in [5.74, 6) is 0.833. The number of amidine groups is 2. The number of aliphatic imine (C=N–C) groups is 1. The van der Waals surface area contributed by atoms with Gasteiger partial charge < -0.3 is 13.7 Å². The Bertz CT molecular complexity index is 1350. The maximum Gasteiger partial charge on any atom is 0.283 e. The Morgan fingerprint density at radius 1 is 1.19 bits per heavy atom. The lowest BCUT2D eigenvalue weighted by atomic mass is 10.1. The first kappa shape index (κ1) is 20.1. The van der Waals surface area contributed by atoms with Crippen LogP contribution in [0.5, 0.6) is 5.75 Å². The standard InChI is InChI=1S/C23H19N5O3S/c1-13-11-15(14(2)27(13)17-7-4-5-8-18(17)30-3)12-16-20(24)28-23(25-21(16)29)32-22(26-28)19-9-6-10-31-19/h4-12,24H,1-3H3/b16-12-,24-20?. The third-order valence-corrected chi connectivity index (χ3v) is 6.21. The van der Waals surface area contributed by atoms with Gasteiger partial charge in [-0.3, -0.25) is 10.2 Å². The van der Waals surface area contributed by atoms with Crippen molar-refractivity contribution in [2.24, 2.45) is 10.1 Å². The van der Waals surface area contributed by atoms with Gasteiger partial charge >= 0.3 is 0 Å². The Morgan fingerprint density at radius 3 is 2.75 bits per heavy atom. The first-order chi connectivity index (χ1) is 15.5. The van der Waals surface area contributed by atoms with E-state index in [4.69, 9.17) is 14.6 Å². The quantitative estimate of drug-likeness (QED) is 0.602. The van der Waals surface area contributed by atoms with Crippen LogP contribution < -0.4 is 4.74 Å². The number of nitrogens with one attached hydrogen (secondary N) is 1. The van der Waals surface area contributed by atoms with E-state index in [2.05, 4.69) is 14.7 Å². The zero-order chi connectivity index (χ0) is 22.4. The summed E-state index contributed by atoms with van der Waals surface area (Å²) < 4.78 is 13.0. The van der Waals surface area contributed by atoms with Gasteiger partial charge in [-0.05, 0) is 67.6 Å². The summed E-state index contributed by atoms with van der Waals surface area (Å²) in [6.07, 6.45) is 3.25. The topological polar surface area (TPSA) is 96.2 Å². The van der Waals surface area contributed by atoms with E-state index < -0.39 is 5.91 Å². The Kier molecular flexibility index (Phi) is 4.82. The third-order valence-electron chi connectivity index (χ3n) is 5.28. The number of para-hydroxylation sites is 2. The van der Waals surface area contributed by atoms with Gasteiger partial charge in [-0.1, -0.05) is 12.1 Å². The minimum absolute atomic E-state index is 0.0175. The monoisotopic (exact) mass is 445 g/mol. The highest BCUT2D eigenvalue weighted by molar-refractivity contribution is 8.27. The maximum absolute atomic E-state index is 12.8. The van der Waals surface area contributed by atoms with Crippen LogP contribution in [0.1, 0.15) is 22.7 Å². The molecular weight excluding hydrogens is 426 g/mol. The molecule has 0 bridgehead atoms. The summed E-state index contributed by atoms with van der Waals surface area (Å²) in [7, 11) is 1.64. The summed E-state index contributed by atoms with van der Waals surface area (Å²) in [6.45, 7) is 3.96. The molecule has 8 nitrogen and oxygen atoms in total. The number of hydrogen-bond acceptors (Lipinski definition) is 6. The van der Waals surface area contributed by atoms with Crippen LogP contribution in [0, 0.1) is 19.3 Å². The number of aromatic nitrogens is 1. The first-order valence-electron chi connectivity index (χ1n) is 9.84. The van der Waals surface area contributed by atoms with Crippen molar-refractivity contribution >= 4 is 39.8 Å². The highest BCUT2D eigenvalue weighted by Crippen LogP contribution is 2.33. The molecular formula is C23H19N5O3S. The molecule has 2 aromatic heterocycles. The van der Waals surface area contributed by atoms with Crippen LogP contribution >= 0.6 is 11.8 Å². The van der Waals surface area contributed by atoms with Gasteiger partial charge in [-0.15, -0.1) is 0 Å². The van der Waals surface area contributed by atoms with Gasteiger partial charge in [0.1, 0.15) is 5.75 Å². The fourth-order valence-electron chi connectivity index (χ4n) is 3.77. The van der Waals surface area contributed by atoms with Gasteiger partial charge in [-0.2, -0.15) is 15.1 Å². The maximum atomic E-state index is 12.8. The summed E-state index contributed by atoms with van der Waals surface area (Å²) in [6, 6.07) is 13.3. The number of ether oxygens (including phenoxy) is 1. The van der Waals surface area contributed by atoms with Crippen LogP contribution in [-0.2, 0) is 4.79 Å². The highest BCUT2D eigenvalue weighted by Gasteiger charge is 2.36. The SMILES string of the molecule is COc1ccccc1-n1c(C)cc(/C=C2/C(=N)N3N=C(c4ccco4)SC3=NC2=O)c1C. The number of fused-ring (bicyclic) bond motifs is 1. The molecule has 0 unspecified atom stereocenters. The van der Waals surface area contributed by atoms with Crippen LogP contribution in [0.2, 0.25) is 0 Å². The molecule has 1 N–H and O–H groups in total. The molecule has 0 atom stereocenters.